The number of rotatable bonds is 7. The van der Waals surface area contributed by atoms with Crippen LogP contribution in [0.3, 0.4) is 0 Å². The Kier molecular flexibility index (Phi) is 5.91. The molecule has 1 aromatic rings. The van der Waals surface area contributed by atoms with Crippen LogP contribution in [0.15, 0.2) is 24.3 Å². The Bertz CT molecular complexity index is 387. The lowest BCUT2D eigenvalue weighted by Gasteiger charge is -2.10. The molecule has 18 heavy (non-hydrogen) atoms. The SMILES string of the molecule is CCC(C=O)CCOc1ccc(NC(C)=O)cc1. The molecular formula is C14H19NO3. The Morgan fingerprint density at radius 1 is 1.39 bits per heavy atom. The average Bonchev–Trinajstić information content (AvgIpc) is 2.36. The van der Waals surface area contributed by atoms with Crippen LogP contribution >= 0.6 is 0 Å². The van der Waals surface area contributed by atoms with Crippen molar-refractivity contribution in [1.82, 2.24) is 0 Å². The van der Waals surface area contributed by atoms with Gasteiger partial charge in [-0.25, -0.2) is 0 Å². The summed E-state index contributed by atoms with van der Waals surface area (Å²) >= 11 is 0. The van der Waals surface area contributed by atoms with E-state index in [0.717, 1.165) is 30.6 Å². The van der Waals surface area contributed by atoms with E-state index in [0.29, 0.717) is 6.61 Å². The number of benzene rings is 1. The first kappa shape index (κ1) is 14.2. The first-order chi connectivity index (χ1) is 8.65. The molecule has 4 heteroatoms. The molecule has 4 nitrogen and oxygen atoms in total. The van der Waals surface area contributed by atoms with Gasteiger partial charge >= 0.3 is 0 Å². The monoisotopic (exact) mass is 249 g/mol. The lowest BCUT2D eigenvalue weighted by molar-refractivity contribution is -0.114. The van der Waals surface area contributed by atoms with E-state index < -0.39 is 0 Å². The maximum Gasteiger partial charge on any atom is 0.221 e. The van der Waals surface area contributed by atoms with Gasteiger partial charge in [-0.15, -0.1) is 0 Å². The number of carbonyl (C=O) groups excluding carboxylic acids is 2. The second kappa shape index (κ2) is 7.48. The molecule has 0 bridgehead atoms. The van der Waals surface area contributed by atoms with Gasteiger partial charge in [0.05, 0.1) is 6.61 Å². The van der Waals surface area contributed by atoms with Crippen molar-refractivity contribution in [3.05, 3.63) is 24.3 Å². The fraction of sp³-hybridized carbons (Fsp3) is 0.429. The Labute approximate surface area is 107 Å². The topological polar surface area (TPSA) is 55.4 Å². The molecule has 0 saturated carbocycles. The van der Waals surface area contributed by atoms with Gasteiger partial charge in [0.2, 0.25) is 5.91 Å². The summed E-state index contributed by atoms with van der Waals surface area (Å²) in [6.07, 6.45) is 2.55. The molecule has 0 spiro atoms. The summed E-state index contributed by atoms with van der Waals surface area (Å²) in [5, 5.41) is 2.68. The summed E-state index contributed by atoms with van der Waals surface area (Å²) in [6.45, 7) is 3.98. The molecule has 1 N–H and O–H groups in total. The molecule has 0 aliphatic rings. The third kappa shape index (κ3) is 4.99. The van der Waals surface area contributed by atoms with Gasteiger partial charge < -0.3 is 14.8 Å². The van der Waals surface area contributed by atoms with Gasteiger partial charge in [-0.2, -0.15) is 0 Å². The minimum Gasteiger partial charge on any atom is -0.494 e. The fourth-order valence-electron chi connectivity index (χ4n) is 1.53. The zero-order valence-corrected chi connectivity index (χ0v) is 10.8. The first-order valence-electron chi connectivity index (χ1n) is 6.11. The summed E-state index contributed by atoms with van der Waals surface area (Å²) in [6, 6.07) is 7.17. The number of carbonyl (C=O) groups is 2. The zero-order chi connectivity index (χ0) is 13.4. The second-order valence-electron chi connectivity index (χ2n) is 4.15. The minimum atomic E-state index is -0.0968. The van der Waals surface area contributed by atoms with Crippen LogP contribution in [0.2, 0.25) is 0 Å². The number of hydrogen-bond donors (Lipinski definition) is 1. The highest BCUT2D eigenvalue weighted by atomic mass is 16.5. The molecule has 1 amide bonds. The highest BCUT2D eigenvalue weighted by Crippen LogP contribution is 2.16. The Balaban J connectivity index is 2.39. The molecule has 0 radical (unpaired) electrons. The predicted octanol–water partition coefficient (Wildman–Crippen LogP) is 2.64. The Morgan fingerprint density at radius 2 is 2.06 bits per heavy atom. The van der Waals surface area contributed by atoms with Crippen LogP contribution in [-0.4, -0.2) is 18.8 Å². The van der Waals surface area contributed by atoms with E-state index >= 15 is 0 Å². The maximum atomic E-state index is 10.8. The lowest BCUT2D eigenvalue weighted by atomic mass is 10.1. The molecule has 1 rings (SSSR count). The summed E-state index contributed by atoms with van der Waals surface area (Å²) in [7, 11) is 0. The highest BCUT2D eigenvalue weighted by molar-refractivity contribution is 5.88. The van der Waals surface area contributed by atoms with Crippen molar-refractivity contribution in [2.75, 3.05) is 11.9 Å². The zero-order valence-electron chi connectivity index (χ0n) is 10.8. The van der Waals surface area contributed by atoms with Gasteiger partial charge in [0, 0.05) is 18.5 Å². The Hall–Kier alpha value is -1.84. The molecule has 0 heterocycles. The van der Waals surface area contributed by atoms with Crippen LogP contribution in [0, 0.1) is 5.92 Å². The van der Waals surface area contributed by atoms with Crippen LogP contribution in [-0.2, 0) is 9.59 Å². The van der Waals surface area contributed by atoms with E-state index in [1.165, 1.54) is 6.92 Å². The number of aldehydes is 1. The van der Waals surface area contributed by atoms with E-state index in [1.807, 2.05) is 6.92 Å². The van der Waals surface area contributed by atoms with Gasteiger partial charge in [-0.1, -0.05) is 6.92 Å². The van der Waals surface area contributed by atoms with Gasteiger partial charge in [-0.3, -0.25) is 4.79 Å². The summed E-state index contributed by atoms with van der Waals surface area (Å²) in [4.78, 5) is 21.5. The molecule has 0 saturated heterocycles. The van der Waals surface area contributed by atoms with E-state index in [2.05, 4.69) is 5.32 Å². The van der Waals surface area contributed by atoms with Crippen molar-refractivity contribution in [1.29, 1.82) is 0 Å². The summed E-state index contributed by atoms with van der Waals surface area (Å²) in [5.41, 5.74) is 0.745. The lowest BCUT2D eigenvalue weighted by Crippen LogP contribution is -2.08. The van der Waals surface area contributed by atoms with Crippen molar-refractivity contribution >= 4 is 17.9 Å². The minimum absolute atomic E-state index is 0.0728. The number of anilines is 1. The van der Waals surface area contributed by atoms with E-state index in [1.54, 1.807) is 24.3 Å². The average molecular weight is 249 g/mol. The molecule has 0 aliphatic carbocycles. The van der Waals surface area contributed by atoms with Crippen molar-refractivity contribution in [2.24, 2.45) is 5.92 Å². The molecule has 0 fully saturated rings. The second-order valence-corrected chi connectivity index (χ2v) is 4.15. The van der Waals surface area contributed by atoms with Gasteiger partial charge in [0.25, 0.3) is 0 Å². The molecule has 1 aromatic carbocycles. The third-order valence-corrected chi connectivity index (χ3v) is 2.65. The molecule has 98 valence electrons. The van der Waals surface area contributed by atoms with Crippen molar-refractivity contribution in [2.45, 2.75) is 26.7 Å². The van der Waals surface area contributed by atoms with Crippen LogP contribution in [0.1, 0.15) is 26.7 Å². The van der Waals surface area contributed by atoms with Gasteiger partial charge in [-0.05, 0) is 37.1 Å². The molecule has 1 atom stereocenters. The smallest absolute Gasteiger partial charge is 0.221 e. The molecule has 0 aliphatic heterocycles. The number of hydrogen-bond acceptors (Lipinski definition) is 3. The van der Waals surface area contributed by atoms with Crippen molar-refractivity contribution in [3.8, 4) is 5.75 Å². The predicted molar refractivity (Wildman–Crippen MR) is 70.7 cm³/mol. The van der Waals surface area contributed by atoms with Gasteiger partial charge in [0.1, 0.15) is 12.0 Å². The van der Waals surface area contributed by atoms with Crippen LogP contribution in [0.25, 0.3) is 0 Å². The normalized spacial score (nSPS) is 11.7. The highest BCUT2D eigenvalue weighted by Gasteiger charge is 2.04. The number of nitrogens with one attached hydrogen (secondary N) is 1. The summed E-state index contributed by atoms with van der Waals surface area (Å²) < 4.78 is 5.53. The molecule has 0 aromatic heterocycles. The van der Waals surface area contributed by atoms with E-state index in [9.17, 15) is 9.59 Å². The summed E-state index contributed by atoms with van der Waals surface area (Å²) in [5.74, 6) is 0.717. The maximum absolute atomic E-state index is 10.8. The first-order valence-corrected chi connectivity index (χ1v) is 6.11. The van der Waals surface area contributed by atoms with E-state index in [4.69, 9.17) is 4.74 Å². The van der Waals surface area contributed by atoms with Crippen molar-refractivity contribution < 1.29 is 14.3 Å². The Morgan fingerprint density at radius 3 is 2.56 bits per heavy atom. The largest absolute Gasteiger partial charge is 0.494 e. The molecular weight excluding hydrogens is 230 g/mol. The van der Waals surface area contributed by atoms with Crippen LogP contribution in [0.4, 0.5) is 5.69 Å². The van der Waals surface area contributed by atoms with E-state index in [-0.39, 0.29) is 11.8 Å². The van der Waals surface area contributed by atoms with Gasteiger partial charge in [0.15, 0.2) is 0 Å². The third-order valence-electron chi connectivity index (χ3n) is 2.65. The van der Waals surface area contributed by atoms with Crippen molar-refractivity contribution in [3.63, 3.8) is 0 Å². The number of ether oxygens (including phenoxy) is 1. The molecule has 1 unspecified atom stereocenters. The fourth-order valence-corrected chi connectivity index (χ4v) is 1.53. The number of amides is 1. The quantitative estimate of drug-likeness (QED) is 0.756. The van der Waals surface area contributed by atoms with Crippen LogP contribution in [0.5, 0.6) is 5.75 Å². The standard InChI is InChI=1S/C14H19NO3/c1-3-12(10-16)8-9-18-14-6-4-13(5-7-14)15-11(2)17/h4-7,10,12H,3,8-9H2,1-2H3,(H,15,17). The van der Waals surface area contributed by atoms with Crippen LogP contribution < -0.4 is 10.1 Å².